The van der Waals surface area contributed by atoms with Gasteiger partial charge in [-0.15, -0.1) is 0 Å². The van der Waals surface area contributed by atoms with Gasteiger partial charge in [-0.2, -0.15) is 5.26 Å². The summed E-state index contributed by atoms with van der Waals surface area (Å²) in [6.07, 6.45) is 6.45. The van der Waals surface area contributed by atoms with E-state index in [1.165, 1.54) is 10.9 Å². The third-order valence-electron chi connectivity index (χ3n) is 5.62. The third kappa shape index (κ3) is 2.50. The normalized spacial score (nSPS) is 27.2. The first-order chi connectivity index (χ1) is 11.3. The molecular formula is C19H21N3O. The molecule has 23 heavy (non-hydrogen) atoms. The van der Waals surface area contributed by atoms with Gasteiger partial charge < -0.3 is 9.88 Å². The number of carbonyl (C=O) groups is 1. The van der Waals surface area contributed by atoms with Crippen molar-refractivity contribution in [3.8, 4) is 6.07 Å². The SMILES string of the molecule is N#C[C@H]1CC[C@@H]2C[C@H]1CC(=O)N2CCc1c[nH]c2ccccc12. The predicted octanol–water partition coefficient (Wildman–Crippen LogP) is 3.25. The number of likely N-dealkylation sites (tertiary alicyclic amines) is 1. The molecule has 2 fully saturated rings. The molecule has 4 rings (SSSR count). The summed E-state index contributed by atoms with van der Waals surface area (Å²) >= 11 is 0. The van der Waals surface area contributed by atoms with Crippen molar-refractivity contribution < 1.29 is 4.79 Å². The van der Waals surface area contributed by atoms with Crippen LogP contribution in [-0.4, -0.2) is 28.4 Å². The smallest absolute Gasteiger partial charge is 0.223 e. The van der Waals surface area contributed by atoms with Gasteiger partial charge in [0, 0.05) is 42.0 Å². The lowest BCUT2D eigenvalue weighted by atomic mass is 9.72. The third-order valence-corrected chi connectivity index (χ3v) is 5.62. The molecular weight excluding hydrogens is 286 g/mol. The first-order valence-electron chi connectivity index (χ1n) is 8.50. The summed E-state index contributed by atoms with van der Waals surface area (Å²) < 4.78 is 0. The molecule has 0 radical (unpaired) electrons. The number of H-pyrrole nitrogens is 1. The molecule has 4 nitrogen and oxygen atoms in total. The lowest BCUT2D eigenvalue weighted by molar-refractivity contribution is -0.141. The number of nitrogens with zero attached hydrogens (tertiary/aromatic N) is 2. The summed E-state index contributed by atoms with van der Waals surface area (Å²) in [7, 11) is 0. The van der Waals surface area contributed by atoms with Gasteiger partial charge in [-0.1, -0.05) is 18.2 Å². The van der Waals surface area contributed by atoms with Crippen LogP contribution in [0.5, 0.6) is 0 Å². The van der Waals surface area contributed by atoms with Gasteiger partial charge in [0.15, 0.2) is 0 Å². The second-order valence-electron chi connectivity index (χ2n) is 6.86. The minimum Gasteiger partial charge on any atom is -0.361 e. The molecule has 118 valence electrons. The maximum atomic E-state index is 12.5. The zero-order valence-electron chi connectivity index (χ0n) is 13.2. The average Bonchev–Trinajstić information content (AvgIpc) is 2.98. The van der Waals surface area contributed by atoms with E-state index in [1.54, 1.807) is 0 Å². The van der Waals surface area contributed by atoms with E-state index in [1.807, 2.05) is 6.07 Å². The van der Waals surface area contributed by atoms with E-state index in [0.717, 1.165) is 37.7 Å². The fourth-order valence-electron chi connectivity index (χ4n) is 4.35. The van der Waals surface area contributed by atoms with Crippen molar-refractivity contribution in [1.29, 1.82) is 5.26 Å². The van der Waals surface area contributed by atoms with E-state index in [4.69, 9.17) is 0 Å². The van der Waals surface area contributed by atoms with E-state index in [0.29, 0.717) is 12.5 Å². The Morgan fingerprint density at radius 2 is 2.17 bits per heavy atom. The van der Waals surface area contributed by atoms with Crippen molar-refractivity contribution in [1.82, 2.24) is 9.88 Å². The van der Waals surface area contributed by atoms with E-state index in [9.17, 15) is 10.1 Å². The molecule has 2 aromatic rings. The van der Waals surface area contributed by atoms with Gasteiger partial charge in [-0.25, -0.2) is 0 Å². The largest absolute Gasteiger partial charge is 0.361 e. The van der Waals surface area contributed by atoms with Crippen molar-refractivity contribution in [2.24, 2.45) is 11.8 Å². The number of carbonyl (C=O) groups excluding carboxylic acids is 1. The minimum atomic E-state index is 0.0889. The molecule has 1 aromatic carbocycles. The number of nitrogens with one attached hydrogen (secondary N) is 1. The van der Waals surface area contributed by atoms with Crippen molar-refractivity contribution >= 4 is 16.8 Å². The number of hydrogen-bond donors (Lipinski definition) is 1. The average molecular weight is 307 g/mol. The van der Waals surface area contributed by atoms with Gasteiger partial charge in [0.1, 0.15) is 0 Å². The predicted molar refractivity (Wildman–Crippen MR) is 88.6 cm³/mol. The highest BCUT2D eigenvalue weighted by Gasteiger charge is 2.40. The number of amides is 1. The second kappa shape index (κ2) is 5.73. The standard InChI is InChI=1S/C19H21N3O/c20-11-13-5-6-16-9-15(13)10-19(23)22(16)8-7-14-12-21-18-4-2-1-3-17(14)18/h1-4,12-13,15-16,21H,5-10H2/t13-,15+,16-/m1/s1. The van der Waals surface area contributed by atoms with E-state index < -0.39 is 0 Å². The highest BCUT2D eigenvalue weighted by Crippen LogP contribution is 2.39. The Bertz CT molecular complexity index is 772. The number of fused-ring (bicyclic) bond motifs is 3. The van der Waals surface area contributed by atoms with Crippen LogP contribution in [0.2, 0.25) is 0 Å². The molecule has 2 bridgehead atoms. The van der Waals surface area contributed by atoms with Gasteiger partial charge in [0.25, 0.3) is 0 Å². The Balaban J connectivity index is 1.47. The molecule has 1 saturated heterocycles. The number of aromatic amines is 1. The lowest BCUT2D eigenvalue weighted by Gasteiger charge is -2.44. The molecule has 1 aromatic heterocycles. The first-order valence-corrected chi connectivity index (χ1v) is 8.50. The molecule has 1 N–H and O–H groups in total. The van der Waals surface area contributed by atoms with Crippen LogP contribution in [0.25, 0.3) is 10.9 Å². The maximum Gasteiger partial charge on any atom is 0.223 e. The molecule has 0 spiro atoms. The highest BCUT2D eigenvalue weighted by atomic mass is 16.2. The van der Waals surface area contributed by atoms with Crippen LogP contribution in [0.4, 0.5) is 0 Å². The lowest BCUT2D eigenvalue weighted by Crippen LogP contribution is -2.51. The summed E-state index contributed by atoms with van der Waals surface area (Å²) in [5.74, 6) is 0.618. The van der Waals surface area contributed by atoms with E-state index >= 15 is 0 Å². The monoisotopic (exact) mass is 307 g/mol. The highest BCUT2D eigenvalue weighted by molar-refractivity contribution is 5.83. The fourth-order valence-corrected chi connectivity index (χ4v) is 4.35. The van der Waals surface area contributed by atoms with Gasteiger partial charge in [-0.05, 0) is 43.2 Å². The molecule has 2 heterocycles. The number of nitriles is 1. The number of piperidine rings is 1. The molecule has 3 atom stereocenters. The van der Waals surface area contributed by atoms with Crippen LogP contribution in [0, 0.1) is 23.2 Å². The zero-order chi connectivity index (χ0) is 15.8. The molecule has 1 amide bonds. The van der Waals surface area contributed by atoms with Crippen molar-refractivity contribution in [3.05, 3.63) is 36.0 Å². The second-order valence-corrected chi connectivity index (χ2v) is 6.86. The zero-order valence-corrected chi connectivity index (χ0v) is 13.2. The Morgan fingerprint density at radius 3 is 3.04 bits per heavy atom. The van der Waals surface area contributed by atoms with Crippen molar-refractivity contribution in [3.63, 3.8) is 0 Å². The van der Waals surface area contributed by atoms with Crippen LogP contribution in [0.15, 0.2) is 30.5 Å². The first kappa shape index (κ1) is 14.3. The van der Waals surface area contributed by atoms with Crippen molar-refractivity contribution in [2.75, 3.05) is 6.54 Å². The Labute approximate surface area is 136 Å². The van der Waals surface area contributed by atoms with Crippen LogP contribution in [-0.2, 0) is 11.2 Å². The Kier molecular flexibility index (Phi) is 3.57. The van der Waals surface area contributed by atoms with Gasteiger partial charge >= 0.3 is 0 Å². The number of benzene rings is 1. The topological polar surface area (TPSA) is 59.9 Å². The molecule has 2 aliphatic rings. The summed E-state index contributed by atoms with van der Waals surface area (Å²) in [5.41, 5.74) is 2.43. The quantitative estimate of drug-likeness (QED) is 0.946. The minimum absolute atomic E-state index is 0.0889. The Hall–Kier alpha value is -2.28. The van der Waals surface area contributed by atoms with Crippen LogP contribution < -0.4 is 0 Å². The molecule has 4 heteroatoms. The Morgan fingerprint density at radius 1 is 1.30 bits per heavy atom. The molecule has 1 saturated carbocycles. The number of rotatable bonds is 3. The number of hydrogen-bond acceptors (Lipinski definition) is 2. The van der Waals surface area contributed by atoms with E-state index in [-0.39, 0.29) is 17.7 Å². The summed E-state index contributed by atoms with van der Waals surface area (Å²) in [6, 6.07) is 11.0. The van der Waals surface area contributed by atoms with Crippen LogP contribution in [0.3, 0.4) is 0 Å². The summed E-state index contributed by atoms with van der Waals surface area (Å²) in [5, 5.41) is 10.5. The fraction of sp³-hybridized carbons (Fsp3) is 0.474. The maximum absolute atomic E-state index is 12.5. The summed E-state index contributed by atoms with van der Waals surface area (Å²) in [4.78, 5) is 17.9. The van der Waals surface area contributed by atoms with Gasteiger partial charge in [0.05, 0.1) is 6.07 Å². The summed E-state index contributed by atoms with van der Waals surface area (Å²) in [6.45, 7) is 0.787. The van der Waals surface area contributed by atoms with Crippen LogP contribution >= 0.6 is 0 Å². The van der Waals surface area contributed by atoms with Crippen molar-refractivity contribution in [2.45, 2.75) is 38.1 Å². The molecule has 0 unspecified atom stereocenters. The number of para-hydroxylation sites is 1. The van der Waals surface area contributed by atoms with Gasteiger partial charge in [-0.3, -0.25) is 4.79 Å². The molecule has 1 aliphatic carbocycles. The van der Waals surface area contributed by atoms with Gasteiger partial charge in [0.2, 0.25) is 5.91 Å². The molecule has 1 aliphatic heterocycles. The van der Waals surface area contributed by atoms with Crippen LogP contribution in [0.1, 0.15) is 31.2 Å². The van der Waals surface area contributed by atoms with E-state index in [2.05, 4.69) is 40.3 Å². The number of aromatic nitrogens is 1.